The van der Waals surface area contributed by atoms with Gasteiger partial charge in [0.1, 0.15) is 11.9 Å². The van der Waals surface area contributed by atoms with E-state index in [1.807, 2.05) is 0 Å². The molecule has 0 heterocycles. The highest BCUT2D eigenvalue weighted by Crippen LogP contribution is 2.15. The number of nitrogens with two attached hydrogens (primary N) is 2. The van der Waals surface area contributed by atoms with Crippen molar-refractivity contribution < 1.29 is 14.3 Å². The molecule has 0 aliphatic heterocycles. The van der Waals surface area contributed by atoms with E-state index in [4.69, 9.17) is 16.6 Å². The molecule has 1 aromatic carbocycles. The molecule has 0 saturated heterocycles. The first-order valence-electron chi connectivity index (χ1n) is 4.03. The highest BCUT2D eigenvalue weighted by molar-refractivity contribution is 5.75. The summed E-state index contributed by atoms with van der Waals surface area (Å²) in [5.74, 6) is -1.72. The smallest absolute Gasteiger partial charge is 0.325 e. The SMILES string of the molecule is NCc1ccc([C@H](N)C(=O)O)cc1F. The zero-order valence-corrected chi connectivity index (χ0v) is 7.40. The van der Waals surface area contributed by atoms with Gasteiger partial charge in [-0.3, -0.25) is 4.79 Å². The zero-order valence-electron chi connectivity index (χ0n) is 7.40. The van der Waals surface area contributed by atoms with Crippen molar-refractivity contribution in [2.24, 2.45) is 11.5 Å². The van der Waals surface area contributed by atoms with Crippen LogP contribution in [0, 0.1) is 5.82 Å². The second kappa shape index (κ2) is 4.17. The van der Waals surface area contributed by atoms with Crippen LogP contribution in [-0.4, -0.2) is 11.1 Å². The Morgan fingerprint density at radius 2 is 2.21 bits per heavy atom. The molecule has 76 valence electrons. The molecule has 5 heteroatoms. The van der Waals surface area contributed by atoms with E-state index in [1.54, 1.807) is 0 Å². The first-order valence-corrected chi connectivity index (χ1v) is 4.03. The fourth-order valence-electron chi connectivity index (χ4n) is 1.07. The topological polar surface area (TPSA) is 89.3 Å². The normalized spacial score (nSPS) is 12.5. The molecule has 14 heavy (non-hydrogen) atoms. The Kier molecular flexibility index (Phi) is 3.16. The van der Waals surface area contributed by atoms with Crippen LogP contribution in [0.15, 0.2) is 18.2 Å². The standard InChI is InChI=1S/C9H11FN2O2/c10-7-3-5(8(12)9(13)14)1-2-6(7)4-11/h1-3,8H,4,11-12H2,(H,13,14)/t8-/m0/s1. The van der Waals surface area contributed by atoms with E-state index in [0.717, 1.165) is 6.07 Å². The van der Waals surface area contributed by atoms with E-state index in [9.17, 15) is 9.18 Å². The van der Waals surface area contributed by atoms with Crippen molar-refractivity contribution in [1.82, 2.24) is 0 Å². The average Bonchev–Trinajstić information content (AvgIpc) is 2.16. The lowest BCUT2D eigenvalue weighted by Gasteiger charge is -2.08. The number of benzene rings is 1. The van der Waals surface area contributed by atoms with Gasteiger partial charge in [0.15, 0.2) is 0 Å². The van der Waals surface area contributed by atoms with Crippen LogP contribution in [0.5, 0.6) is 0 Å². The molecule has 0 radical (unpaired) electrons. The number of carbonyl (C=O) groups is 1. The van der Waals surface area contributed by atoms with Crippen LogP contribution in [0.2, 0.25) is 0 Å². The van der Waals surface area contributed by atoms with Crippen molar-refractivity contribution in [2.45, 2.75) is 12.6 Å². The van der Waals surface area contributed by atoms with Crippen LogP contribution in [0.1, 0.15) is 17.2 Å². The number of hydrogen-bond donors (Lipinski definition) is 3. The van der Waals surface area contributed by atoms with E-state index in [0.29, 0.717) is 5.56 Å². The summed E-state index contributed by atoms with van der Waals surface area (Å²) in [5, 5.41) is 8.58. The van der Waals surface area contributed by atoms with Gasteiger partial charge >= 0.3 is 5.97 Å². The lowest BCUT2D eigenvalue weighted by molar-refractivity contribution is -0.138. The Labute approximate surface area is 80.3 Å². The quantitative estimate of drug-likeness (QED) is 0.654. The van der Waals surface area contributed by atoms with Crippen molar-refractivity contribution in [3.63, 3.8) is 0 Å². The number of carboxylic acids is 1. The lowest BCUT2D eigenvalue weighted by atomic mass is 10.1. The van der Waals surface area contributed by atoms with E-state index in [1.165, 1.54) is 12.1 Å². The molecule has 0 aromatic heterocycles. The summed E-state index contributed by atoms with van der Waals surface area (Å²) < 4.78 is 13.1. The molecule has 0 spiro atoms. The molecule has 1 aromatic rings. The average molecular weight is 198 g/mol. The van der Waals surface area contributed by atoms with Crippen molar-refractivity contribution in [2.75, 3.05) is 0 Å². The Morgan fingerprint density at radius 3 is 2.64 bits per heavy atom. The highest BCUT2D eigenvalue weighted by Gasteiger charge is 2.15. The van der Waals surface area contributed by atoms with Crippen LogP contribution >= 0.6 is 0 Å². The van der Waals surface area contributed by atoms with Crippen molar-refractivity contribution in [3.8, 4) is 0 Å². The number of halogens is 1. The summed E-state index contributed by atoms with van der Waals surface area (Å²) in [4.78, 5) is 10.5. The van der Waals surface area contributed by atoms with E-state index >= 15 is 0 Å². The fourth-order valence-corrected chi connectivity index (χ4v) is 1.07. The Hall–Kier alpha value is -1.46. The molecule has 0 unspecified atom stereocenters. The van der Waals surface area contributed by atoms with Gasteiger partial charge in [0.05, 0.1) is 0 Å². The summed E-state index contributed by atoms with van der Waals surface area (Å²) in [6.07, 6.45) is 0. The fraction of sp³-hybridized carbons (Fsp3) is 0.222. The summed E-state index contributed by atoms with van der Waals surface area (Å²) in [6.45, 7) is 0.0778. The molecule has 0 amide bonds. The minimum Gasteiger partial charge on any atom is -0.480 e. The van der Waals surface area contributed by atoms with Gasteiger partial charge in [-0.25, -0.2) is 4.39 Å². The number of rotatable bonds is 3. The molecule has 0 saturated carbocycles. The van der Waals surface area contributed by atoms with E-state index < -0.39 is 17.8 Å². The third kappa shape index (κ3) is 2.07. The minimum absolute atomic E-state index is 0.0778. The van der Waals surface area contributed by atoms with Crippen LogP contribution in [-0.2, 0) is 11.3 Å². The summed E-state index contributed by atoms with van der Waals surface area (Å²) in [7, 11) is 0. The van der Waals surface area contributed by atoms with Crippen LogP contribution in [0.4, 0.5) is 4.39 Å². The molecule has 0 bridgehead atoms. The summed E-state index contributed by atoms with van der Waals surface area (Å²) in [6, 6.07) is 2.80. The Balaban J connectivity index is 3.02. The van der Waals surface area contributed by atoms with Gasteiger partial charge in [0, 0.05) is 12.1 Å². The van der Waals surface area contributed by atoms with Crippen LogP contribution < -0.4 is 11.5 Å². The van der Waals surface area contributed by atoms with Gasteiger partial charge in [-0.1, -0.05) is 12.1 Å². The predicted octanol–water partition coefficient (Wildman–Crippen LogP) is 0.369. The van der Waals surface area contributed by atoms with Crippen molar-refractivity contribution in [1.29, 1.82) is 0 Å². The maximum absolute atomic E-state index is 13.1. The summed E-state index contributed by atoms with van der Waals surface area (Å²) >= 11 is 0. The molecular weight excluding hydrogens is 187 g/mol. The largest absolute Gasteiger partial charge is 0.480 e. The molecule has 5 N–H and O–H groups in total. The van der Waals surface area contributed by atoms with Gasteiger partial charge < -0.3 is 16.6 Å². The number of hydrogen-bond acceptors (Lipinski definition) is 3. The van der Waals surface area contributed by atoms with Crippen LogP contribution in [0.3, 0.4) is 0 Å². The van der Waals surface area contributed by atoms with Crippen molar-refractivity contribution in [3.05, 3.63) is 35.1 Å². The predicted molar refractivity (Wildman–Crippen MR) is 48.9 cm³/mol. The monoisotopic (exact) mass is 198 g/mol. The van der Waals surface area contributed by atoms with E-state index in [-0.39, 0.29) is 12.1 Å². The third-order valence-electron chi connectivity index (χ3n) is 1.92. The molecule has 0 aliphatic rings. The highest BCUT2D eigenvalue weighted by atomic mass is 19.1. The number of aliphatic carboxylic acids is 1. The molecule has 0 fully saturated rings. The summed E-state index contributed by atoms with van der Waals surface area (Å²) in [5.41, 5.74) is 11.1. The zero-order chi connectivity index (χ0) is 10.7. The molecule has 1 atom stereocenters. The number of carboxylic acid groups (broad SMARTS) is 1. The first kappa shape index (κ1) is 10.6. The molecule has 1 rings (SSSR count). The van der Waals surface area contributed by atoms with Crippen molar-refractivity contribution >= 4 is 5.97 Å². The second-order valence-corrected chi connectivity index (χ2v) is 2.87. The molecule has 4 nitrogen and oxygen atoms in total. The molecular formula is C9H11FN2O2. The minimum atomic E-state index is -1.20. The lowest BCUT2D eigenvalue weighted by Crippen LogP contribution is -2.20. The van der Waals surface area contributed by atoms with Gasteiger partial charge in [0.25, 0.3) is 0 Å². The Morgan fingerprint density at radius 1 is 1.57 bits per heavy atom. The maximum atomic E-state index is 13.1. The van der Waals surface area contributed by atoms with Crippen LogP contribution in [0.25, 0.3) is 0 Å². The second-order valence-electron chi connectivity index (χ2n) is 2.87. The van der Waals surface area contributed by atoms with Gasteiger partial charge in [-0.15, -0.1) is 0 Å². The Bertz CT molecular complexity index is 355. The first-order chi connectivity index (χ1) is 6.56. The molecule has 0 aliphatic carbocycles. The van der Waals surface area contributed by atoms with Gasteiger partial charge in [-0.05, 0) is 11.6 Å². The maximum Gasteiger partial charge on any atom is 0.325 e. The van der Waals surface area contributed by atoms with Gasteiger partial charge in [-0.2, -0.15) is 0 Å². The third-order valence-corrected chi connectivity index (χ3v) is 1.92. The van der Waals surface area contributed by atoms with E-state index in [2.05, 4.69) is 0 Å². The van der Waals surface area contributed by atoms with Gasteiger partial charge in [0.2, 0.25) is 0 Å².